The molecule has 1 heterocycles. The van der Waals surface area contributed by atoms with Crippen LogP contribution in [0.15, 0.2) is 0 Å². The van der Waals surface area contributed by atoms with E-state index in [-0.39, 0.29) is 30.2 Å². The Morgan fingerprint density at radius 2 is 2.00 bits per heavy atom. The SMILES string of the molecule is CN1C(=O)CC(NC2C3CCC(C3)C2C(=O)O)C1=O. The Bertz CT molecular complexity index is 450. The van der Waals surface area contributed by atoms with Crippen molar-refractivity contribution in [2.75, 3.05) is 7.05 Å². The Morgan fingerprint density at radius 3 is 2.58 bits per heavy atom. The molecule has 2 saturated carbocycles. The number of imide groups is 1. The molecule has 2 amide bonds. The molecule has 3 fully saturated rings. The lowest BCUT2D eigenvalue weighted by atomic mass is 9.84. The molecular weight excluding hydrogens is 248 g/mol. The lowest BCUT2D eigenvalue weighted by Gasteiger charge is -2.30. The summed E-state index contributed by atoms with van der Waals surface area (Å²) in [6, 6.07) is -0.701. The fourth-order valence-electron chi connectivity index (χ4n) is 4.00. The van der Waals surface area contributed by atoms with Crippen molar-refractivity contribution in [2.45, 2.75) is 37.8 Å². The summed E-state index contributed by atoms with van der Waals surface area (Å²) in [6.45, 7) is 0. The fourth-order valence-corrected chi connectivity index (χ4v) is 4.00. The van der Waals surface area contributed by atoms with Crippen LogP contribution < -0.4 is 5.32 Å². The second kappa shape index (κ2) is 4.30. The number of carbonyl (C=O) groups is 3. The number of fused-ring (bicyclic) bond motifs is 2. The Morgan fingerprint density at radius 1 is 1.32 bits per heavy atom. The molecule has 0 aromatic carbocycles. The number of nitrogens with zero attached hydrogens (tertiary/aromatic N) is 1. The zero-order chi connectivity index (χ0) is 13.7. The van der Waals surface area contributed by atoms with E-state index in [0.29, 0.717) is 5.92 Å². The largest absolute Gasteiger partial charge is 0.481 e. The monoisotopic (exact) mass is 266 g/mol. The Balaban J connectivity index is 1.74. The van der Waals surface area contributed by atoms with Gasteiger partial charge in [0.05, 0.1) is 18.4 Å². The molecule has 0 spiro atoms. The first-order valence-corrected chi connectivity index (χ1v) is 6.78. The number of rotatable bonds is 3. The van der Waals surface area contributed by atoms with Gasteiger partial charge in [0.1, 0.15) is 0 Å². The number of likely N-dealkylation sites (N-methyl/N-ethyl adjacent to an activating group) is 1. The molecule has 5 atom stereocenters. The maximum Gasteiger partial charge on any atom is 0.308 e. The van der Waals surface area contributed by atoms with E-state index >= 15 is 0 Å². The van der Waals surface area contributed by atoms with E-state index in [1.54, 1.807) is 0 Å². The average Bonchev–Trinajstić information content (AvgIpc) is 3.01. The number of nitrogens with one attached hydrogen (secondary N) is 1. The number of amides is 2. The molecule has 104 valence electrons. The summed E-state index contributed by atoms with van der Waals surface area (Å²) in [4.78, 5) is 35.9. The average molecular weight is 266 g/mol. The number of hydrogen-bond acceptors (Lipinski definition) is 4. The number of likely N-dealkylation sites (tertiary alicyclic amines) is 1. The van der Waals surface area contributed by atoms with Crippen LogP contribution in [0, 0.1) is 17.8 Å². The number of carboxylic acid groups (broad SMARTS) is 1. The minimum absolute atomic E-state index is 0.148. The van der Waals surface area contributed by atoms with Crippen molar-refractivity contribution in [2.24, 2.45) is 17.8 Å². The van der Waals surface area contributed by atoms with Crippen LogP contribution in [0.4, 0.5) is 0 Å². The van der Waals surface area contributed by atoms with Gasteiger partial charge < -0.3 is 10.4 Å². The third kappa shape index (κ3) is 1.85. The van der Waals surface area contributed by atoms with Crippen molar-refractivity contribution < 1.29 is 19.5 Å². The quantitative estimate of drug-likeness (QED) is 0.693. The third-order valence-corrected chi connectivity index (χ3v) is 4.98. The van der Waals surface area contributed by atoms with Gasteiger partial charge in [-0.2, -0.15) is 0 Å². The summed E-state index contributed by atoms with van der Waals surface area (Å²) < 4.78 is 0. The number of aliphatic carboxylic acids is 1. The molecule has 1 aliphatic heterocycles. The van der Waals surface area contributed by atoms with Gasteiger partial charge in [-0.05, 0) is 31.1 Å². The van der Waals surface area contributed by atoms with E-state index in [4.69, 9.17) is 0 Å². The Kier molecular flexibility index (Phi) is 2.85. The highest BCUT2D eigenvalue weighted by Gasteiger charge is 2.52. The number of carbonyl (C=O) groups excluding carboxylic acids is 2. The maximum absolute atomic E-state index is 11.9. The van der Waals surface area contributed by atoms with Crippen LogP contribution in [-0.4, -0.2) is 46.9 Å². The van der Waals surface area contributed by atoms with Crippen LogP contribution in [0.25, 0.3) is 0 Å². The summed E-state index contributed by atoms with van der Waals surface area (Å²) in [5, 5.41) is 12.5. The highest BCUT2D eigenvalue weighted by molar-refractivity contribution is 6.05. The topological polar surface area (TPSA) is 86.7 Å². The predicted molar refractivity (Wildman–Crippen MR) is 65.1 cm³/mol. The lowest BCUT2D eigenvalue weighted by molar-refractivity contribution is -0.145. The van der Waals surface area contributed by atoms with E-state index in [0.717, 1.165) is 24.2 Å². The molecule has 0 radical (unpaired) electrons. The molecule has 6 nitrogen and oxygen atoms in total. The summed E-state index contributed by atoms with van der Waals surface area (Å²) in [5.41, 5.74) is 0. The summed E-state index contributed by atoms with van der Waals surface area (Å²) in [5.74, 6) is -1.07. The van der Waals surface area contributed by atoms with E-state index < -0.39 is 17.9 Å². The van der Waals surface area contributed by atoms with Crippen molar-refractivity contribution >= 4 is 17.8 Å². The molecule has 2 N–H and O–H groups in total. The first-order chi connectivity index (χ1) is 8.99. The van der Waals surface area contributed by atoms with Gasteiger partial charge in [0.2, 0.25) is 11.8 Å². The summed E-state index contributed by atoms with van der Waals surface area (Å²) in [6.07, 6.45) is 3.07. The Labute approximate surface area is 111 Å². The molecule has 3 aliphatic rings. The smallest absolute Gasteiger partial charge is 0.308 e. The maximum atomic E-state index is 11.9. The van der Waals surface area contributed by atoms with E-state index in [1.807, 2.05) is 0 Å². The van der Waals surface area contributed by atoms with E-state index in [2.05, 4.69) is 5.32 Å². The van der Waals surface area contributed by atoms with Gasteiger partial charge in [-0.3, -0.25) is 19.3 Å². The van der Waals surface area contributed by atoms with Gasteiger partial charge in [0.25, 0.3) is 0 Å². The summed E-state index contributed by atoms with van der Waals surface area (Å²) >= 11 is 0. The normalized spacial score (nSPS) is 41.3. The molecule has 2 bridgehead atoms. The van der Waals surface area contributed by atoms with Gasteiger partial charge in [-0.25, -0.2) is 0 Å². The second-order valence-electron chi connectivity index (χ2n) is 5.94. The van der Waals surface area contributed by atoms with Crippen LogP contribution in [0.1, 0.15) is 25.7 Å². The molecule has 19 heavy (non-hydrogen) atoms. The molecule has 3 rings (SSSR count). The zero-order valence-electron chi connectivity index (χ0n) is 10.8. The standard InChI is InChI=1S/C13H18N2O4/c1-15-9(16)5-8(12(15)17)14-11-7-3-2-6(4-7)10(11)13(18)19/h6-8,10-11,14H,2-5H2,1H3,(H,18,19). The minimum Gasteiger partial charge on any atom is -0.481 e. The summed E-state index contributed by atoms with van der Waals surface area (Å²) in [7, 11) is 1.47. The van der Waals surface area contributed by atoms with Gasteiger partial charge in [0, 0.05) is 13.1 Å². The first-order valence-electron chi connectivity index (χ1n) is 6.78. The van der Waals surface area contributed by atoms with Crippen molar-refractivity contribution in [1.29, 1.82) is 0 Å². The third-order valence-electron chi connectivity index (χ3n) is 4.98. The molecule has 0 aromatic heterocycles. The Hall–Kier alpha value is -1.43. The second-order valence-corrected chi connectivity index (χ2v) is 5.94. The molecule has 5 unspecified atom stereocenters. The highest BCUT2D eigenvalue weighted by atomic mass is 16.4. The first kappa shape index (κ1) is 12.6. The molecular formula is C13H18N2O4. The lowest BCUT2D eigenvalue weighted by Crippen LogP contribution is -2.50. The zero-order valence-corrected chi connectivity index (χ0v) is 10.8. The molecule has 2 aliphatic carbocycles. The predicted octanol–water partition coefficient (Wildman–Crippen LogP) is -0.167. The van der Waals surface area contributed by atoms with Crippen LogP contribution in [0.2, 0.25) is 0 Å². The van der Waals surface area contributed by atoms with Gasteiger partial charge in [0.15, 0.2) is 0 Å². The van der Waals surface area contributed by atoms with Crippen LogP contribution in [-0.2, 0) is 14.4 Å². The van der Waals surface area contributed by atoms with Crippen molar-refractivity contribution in [3.8, 4) is 0 Å². The number of hydrogen-bond donors (Lipinski definition) is 2. The van der Waals surface area contributed by atoms with Gasteiger partial charge in [-0.1, -0.05) is 0 Å². The van der Waals surface area contributed by atoms with E-state index in [9.17, 15) is 19.5 Å². The van der Waals surface area contributed by atoms with E-state index in [1.165, 1.54) is 7.05 Å². The van der Waals surface area contributed by atoms with Crippen LogP contribution in [0.5, 0.6) is 0 Å². The van der Waals surface area contributed by atoms with Crippen LogP contribution >= 0.6 is 0 Å². The van der Waals surface area contributed by atoms with Crippen LogP contribution in [0.3, 0.4) is 0 Å². The molecule has 1 saturated heterocycles. The van der Waals surface area contributed by atoms with Crippen molar-refractivity contribution in [3.63, 3.8) is 0 Å². The molecule has 0 aromatic rings. The van der Waals surface area contributed by atoms with Gasteiger partial charge >= 0.3 is 5.97 Å². The van der Waals surface area contributed by atoms with Crippen molar-refractivity contribution in [3.05, 3.63) is 0 Å². The van der Waals surface area contributed by atoms with Crippen molar-refractivity contribution in [1.82, 2.24) is 10.2 Å². The highest BCUT2D eigenvalue weighted by Crippen LogP contribution is 2.48. The molecule has 6 heteroatoms. The fraction of sp³-hybridized carbons (Fsp3) is 0.769. The number of carboxylic acids is 1. The minimum atomic E-state index is -0.783. The van der Waals surface area contributed by atoms with Gasteiger partial charge in [-0.15, -0.1) is 0 Å².